The van der Waals surface area contributed by atoms with Gasteiger partial charge in [0.1, 0.15) is 16.2 Å². The van der Waals surface area contributed by atoms with Gasteiger partial charge in [0, 0.05) is 23.5 Å². The van der Waals surface area contributed by atoms with E-state index in [0.29, 0.717) is 5.13 Å². The van der Waals surface area contributed by atoms with Crippen molar-refractivity contribution in [2.45, 2.75) is 4.90 Å². The maximum absolute atomic E-state index is 13.0. The number of sulfonamides is 2. The number of aromatic hydroxyl groups is 1. The van der Waals surface area contributed by atoms with E-state index in [-0.39, 0.29) is 31.2 Å². The van der Waals surface area contributed by atoms with Crippen molar-refractivity contribution in [1.29, 1.82) is 0 Å². The van der Waals surface area contributed by atoms with Gasteiger partial charge in [0.25, 0.3) is 15.6 Å². The zero-order chi connectivity index (χ0) is 22.6. The van der Waals surface area contributed by atoms with Gasteiger partial charge in [0.2, 0.25) is 10.0 Å². The zero-order valence-corrected chi connectivity index (χ0v) is 20.0. The van der Waals surface area contributed by atoms with E-state index in [1.54, 1.807) is 5.38 Å². The molecule has 3 heterocycles. The molecule has 162 valence electrons. The van der Waals surface area contributed by atoms with Gasteiger partial charge in [-0.15, -0.1) is 15.7 Å². The lowest BCUT2D eigenvalue weighted by Crippen LogP contribution is -2.32. The molecular weight excluding hydrogens is 581 g/mol. The number of anilines is 2. The third kappa shape index (κ3) is 4.17. The molecule has 31 heavy (non-hydrogen) atoms. The van der Waals surface area contributed by atoms with Crippen LogP contribution in [0.3, 0.4) is 0 Å². The average molecular weight is 593 g/mol. The second-order valence-electron chi connectivity index (χ2n) is 6.32. The van der Waals surface area contributed by atoms with Crippen molar-refractivity contribution in [3.63, 3.8) is 0 Å². The van der Waals surface area contributed by atoms with Crippen LogP contribution in [0.4, 0.5) is 11.4 Å². The van der Waals surface area contributed by atoms with E-state index in [0.717, 1.165) is 12.3 Å². The van der Waals surface area contributed by atoms with Gasteiger partial charge >= 0.3 is 0 Å². The Morgan fingerprint density at radius 3 is 2.71 bits per heavy atom. The van der Waals surface area contributed by atoms with E-state index in [1.165, 1.54) is 40.4 Å². The molecular formula is C16H12IN5O6S3. The molecule has 0 radical (unpaired) electrons. The van der Waals surface area contributed by atoms with Crippen molar-refractivity contribution in [3.05, 3.63) is 55.5 Å². The molecule has 0 unspecified atom stereocenters. The minimum atomic E-state index is -4.31. The molecule has 1 aliphatic rings. The van der Waals surface area contributed by atoms with Gasteiger partial charge in [0.05, 0.1) is 15.5 Å². The Hall–Kier alpha value is -2.50. The Morgan fingerprint density at radius 2 is 2.06 bits per heavy atom. The molecule has 4 rings (SSSR count). The predicted octanol–water partition coefficient (Wildman–Crippen LogP) is 1.54. The summed E-state index contributed by atoms with van der Waals surface area (Å²) in [5.74, 6) is -0.790. The van der Waals surface area contributed by atoms with Crippen LogP contribution in [0.2, 0.25) is 0 Å². The highest BCUT2D eigenvalue weighted by molar-refractivity contribution is 14.1. The number of pyridine rings is 1. The molecule has 0 atom stereocenters. The minimum absolute atomic E-state index is 0.0357. The number of hydrogen-bond acceptors (Lipinski definition) is 9. The quantitative estimate of drug-likeness (QED) is 0.384. The van der Waals surface area contributed by atoms with Crippen LogP contribution in [-0.2, 0) is 20.0 Å². The number of aromatic nitrogens is 2. The Morgan fingerprint density at radius 1 is 1.32 bits per heavy atom. The number of fused-ring (bicyclic) bond motifs is 1. The molecule has 15 heteroatoms. The van der Waals surface area contributed by atoms with E-state index >= 15 is 0 Å². The summed E-state index contributed by atoms with van der Waals surface area (Å²) in [5.41, 5.74) is -0.946. The fraction of sp³-hybridized carbons (Fsp3) is 0.0625. The number of halogens is 1. The normalized spacial score (nSPS) is 15.0. The smallest absolute Gasteiger partial charge is 0.286 e. The fourth-order valence-electron chi connectivity index (χ4n) is 2.81. The molecule has 0 fully saturated rings. The van der Waals surface area contributed by atoms with Gasteiger partial charge in [-0.25, -0.2) is 13.4 Å². The maximum atomic E-state index is 13.0. The number of thiazole rings is 1. The molecule has 2 aromatic heterocycles. The first kappa shape index (κ1) is 21.7. The molecule has 0 bridgehead atoms. The maximum Gasteiger partial charge on any atom is 0.286 e. The topological polar surface area (TPSA) is 160 Å². The standard InChI is InChI=1S/C16H12IN5O6S3/c1-30(25,26)20-8-2-3-10-11(6-8)31(27,28)21-14(19-10)12-13(23)9(17)7-22(15(12)24)16-18-4-5-29-16/h2-7,20,23H,1H3,(H,19,21). The summed E-state index contributed by atoms with van der Waals surface area (Å²) in [5, 5.41) is 15.3. The largest absolute Gasteiger partial charge is 0.506 e. The molecule has 3 aromatic rings. The summed E-state index contributed by atoms with van der Waals surface area (Å²) in [6.07, 6.45) is 3.82. The average Bonchev–Trinajstić information content (AvgIpc) is 3.18. The van der Waals surface area contributed by atoms with E-state index in [9.17, 15) is 26.7 Å². The molecule has 0 saturated carbocycles. The van der Waals surface area contributed by atoms with Crippen LogP contribution in [0.5, 0.6) is 5.75 Å². The number of benzene rings is 1. The van der Waals surface area contributed by atoms with E-state index < -0.39 is 31.4 Å². The molecule has 0 spiro atoms. The number of hydrogen-bond donors (Lipinski definition) is 3. The molecule has 0 amide bonds. The number of nitrogens with zero attached hydrogens (tertiary/aromatic N) is 3. The van der Waals surface area contributed by atoms with Crippen molar-refractivity contribution in [3.8, 4) is 10.9 Å². The van der Waals surface area contributed by atoms with E-state index in [1.807, 2.05) is 22.6 Å². The lowest BCUT2D eigenvalue weighted by Gasteiger charge is -2.20. The SMILES string of the molecule is CS(=O)(=O)Nc1ccc2c(c1)S(=O)(=O)N=C(c1c(O)c(I)cn(-c3nccs3)c1=O)N2. The Bertz CT molecular complexity index is 1510. The first-order chi connectivity index (χ1) is 14.5. The molecule has 3 N–H and O–H groups in total. The van der Waals surface area contributed by atoms with E-state index in [2.05, 4.69) is 19.4 Å². The minimum Gasteiger partial charge on any atom is -0.506 e. The first-order valence-corrected chi connectivity index (χ1v) is 13.5. The number of nitrogens with one attached hydrogen (secondary N) is 2. The van der Waals surface area contributed by atoms with Gasteiger partial charge in [-0.3, -0.25) is 14.1 Å². The molecule has 11 nitrogen and oxygen atoms in total. The van der Waals surface area contributed by atoms with Crippen LogP contribution >= 0.6 is 33.9 Å². The summed E-state index contributed by atoms with van der Waals surface area (Å²) in [6.45, 7) is 0. The third-order valence-corrected chi connectivity index (χ3v) is 7.51. The summed E-state index contributed by atoms with van der Waals surface area (Å²) in [6, 6.07) is 3.80. The van der Waals surface area contributed by atoms with Gasteiger partial charge in [-0.2, -0.15) is 8.42 Å². The van der Waals surface area contributed by atoms with Gasteiger partial charge in [-0.05, 0) is 40.8 Å². The zero-order valence-electron chi connectivity index (χ0n) is 15.4. The lowest BCUT2D eigenvalue weighted by atomic mass is 10.2. The van der Waals surface area contributed by atoms with Crippen molar-refractivity contribution in [1.82, 2.24) is 9.55 Å². The summed E-state index contributed by atoms with van der Waals surface area (Å²) >= 11 is 3.00. The fourth-order valence-corrected chi connectivity index (χ4v) is 5.68. The lowest BCUT2D eigenvalue weighted by molar-refractivity contribution is 0.467. The van der Waals surface area contributed by atoms with Crippen LogP contribution in [0.15, 0.2) is 50.1 Å². The third-order valence-electron chi connectivity index (χ3n) is 4.03. The van der Waals surface area contributed by atoms with Gasteiger partial charge < -0.3 is 10.4 Å². The van der Waals surface area contributed by atoms with Crippen LogP contribution in [0.1, 0.15) is 5.56 Å². The van der Waals surface area contributed by atoms with Crippen LogP contribution < -0.4 is 15.6 Å². The highest BCUT2D eigenvalue weighted by Crippen LogP contribution is 2.33. The van der Waals surface area contributed by atoms with Crippen molar-refractivity contribution in [2.24, 2.45) is 4.40 Å². The first-order valence-electron chi connectivity index (χ1n) is 8.24. The number of amidine groups is 1. The van der Waals surface area contributed by atoms with Crippen molar-refractivity contribution in [2.75, 3.05) is 16.3 Å². The van der Waals surface area contributed by atoms with Crippen molar-refractivity contribution >= 4 is 71.2 Å². The summed E-state index contributed by atoms with van der Waals surface area (Å²) in [7, 11) is -7.94. The monoisotopic (exact) mass is 593 g/mol. The van der Waals surface area contributed by atoms with Gasteiger partial charge in [-0.1, -0.05) is 0 Å². The van der Waals surface area contributed by atoms with Crippen LogP contribution in [-0.4, -0.2) is 43.6 Å². The Kier molecular flexibility index (Phi) is 5.31. The van der Waals surface area contributed by atoms with E-state index in [4.69, 9.17) is 0 Å². The van der Waals surface area contributed by atoms with Crippen LogP contribution in [0.25, 0.3) is 5.13 Å². The Labute approximate surface area is 193 Å². The van der Waals surface area contributed by atoms with Gasteiger partial charge in [0.15, 0.2) is 11.0 Å². The van der Waals surface area contributed by atoms with Crippen LogP contribution in [0, 0.1) is 3.57 Å². The molecule has 0 aliphatic carbocycles. The summed E-state index contributed by atoms with van der Waals surface area (Å²) in [4.78, 5) is 16.8. The highest BCUT2D eigenvalue weighted by Gasteiger charge is 2.30. The summed E-state index contributed by atoms with van der Waals surface area (Å²) < 4.78 is 55.8. The molecule has 1 aromatic carbocycles. The van der Waals surface area contributed by atoms with Crippen molar-refractivity contribution < 1.29 is 21.9 Å². The molecule has 1 aliphatic heterocycles. The predicted molar refractivity (Wildman–Crippen MR) is 124 cm³/mol. The second kappa shape index (κ2) is 7.57. The second-order valence-corrected chi connectivity index (χ2v) is 11.7. The highest BCUT2D eigenvalue weighted by atomic mass is 127. The molecule has 0 saturated heterocycles. The Balaban J connectivity index is 1.87. The number of rotatable bonds is 4.